The van der Waals surface area contributed by atoms with Gasteiger partial charge in [0.2, 0.25) is 0 Å². The van der Waals surface area contributed by atoms with E-state index in [4.69, 9.17) is 4.52 Å². The predicted molar refractivity (Wildman–Crippen MR) is 46.3 cm³/mol. The molecule has 6 nitrogen and oxygen atoms in total. The second-order valence-electron chi connectivity index (χ2n) is 2.38. The van der Waals surface area contributed by atoms with E-state index in [9.17, 15) is 0 Å². The minimum absolute atomic E-state index is 0.422. The van der Waals surface area contributed by atoms with E-state index in [1.807, 2.05) is 0 Å². The minimum Gasteiger partial charge on any atom is -0.333 e. The van der Waals surface area contributed by atoms with Gasteiger partial charge in [-0.3, -0.25) is 0 Å². The molecule has 68 valence electrons. The Labute approximate surface area is 78.1 Å². The molecule has 0 amide bonds. The summed E-state index contributed by atoms with van der Waals surface area (Å²) in [4.78, 5) is 5.01. The monoisotopic (exact) mass is 197 g/mol. The molecular weight excluding hydrogens is 190 g/mol. The van der Waals surface area contributed by atoms with Crippen LogP contribution in [0, 0.1) is 6.92 Å². The minimum atomic E-state index is 0.422. The first-order chi connectivity index (χ1) is 6.34. The van der Waals surface area contributed by atoms with Crippen molar-refractivity contribution >= 4 is 17.5 Å². The standard InChI is InChI=1S/C6H7N5OS/c1-4-9-6(12-10-4)7-2-5-3-8-11-13-5/h3H,2H2,1H3,(H,7,9,10). The third-order valence-corrected chi connectivity index (χ3v) is 2.01. The van der Waals surface area contributed by atoms with E-state index in [1.165, 1.54) is 11.5 Å². The van der Waals surface area contributed by atoms with Gasteiger partial charge in [-0.05, 0) is 18.5 Å². The molecule has 0 saturated carbocycles. The zero-order chi connectivity index (χ0) is 9.10. The molecule has 0 aliphatic rings. The normalized spacial score (nSPS) is 10.2. The summed E-state index contributed by atoms with van der Waals surface area (Å²) in [5, 5.41) is 10.3. The average molecular weight is 197 g/mol. The molecule has 0 saturated heterocycles. The maximum atomic E-state index is 4.85. The number of hydrogen-bond donors (Lipinski definition) is 1. The summed E-state index contributed by atoms with van der Waals surface area (Å²) in [6.07, 6.45) is 1.70. The fourth-order valence-electron chi connectivity index (χ4n) is 0.797. The number of anilines is 1. The highest BCUT2D eigenvalue weighted by Crippen LogP contribution is 2.07. The Morgan fingerprint density at radius 1 is 1.62 bits per heavy atom. The van der Waals surface area contributed by atoms with Crippen molar-refractivity contribution in [3.05, 3.63) is 16.9 Å². The van der Waals surface area contributed by atoms with Crippen LogP contribution < -0.4 is 5.32 Å². The van der Waals surface area contributed by atoms with Gasteiger partial charge in [-0.25, -0.2) is 0 Å². The summed E-state index contributed by atoms with van der Waals surface area (Å²) >= 11 is 1.34. The van der Waals surface area contributed by atoms with Crippen molar-refractivity contribution in [1.82, 2.24) is 19.7 Å². The van der Waals surface area contributed by atoms with Gasteiger partial charge in [-0.2, -0.15) is 4.98 Å². The van der Waals surface area contributed by atoms with Crippen LogP contribution >= 0.6 is 11.5 Å². The van der Waals surface area contributed by atoms with Crippen molar-refractivity contribution in [3.8, 4) is 0 Å². The average Bonchev–Trinajstić information content (AvgIpc) is 2.71. The highest BCUT2D eigenvalue weighted by atomic mass is 32.1. The van der Waals surface area contributed by atoms with Crippen LogP contribution in [0.3, 0.4) is 0 Å². The first kappa shape index (κ1) is 8.11. The van der Waals surface area contributed by atoms with Crippen LogP contribution in [0.2, 0.25) is 0 Å². The topological polar surface area (TPSA) is 76.7 Å². The maximum Gasteiger partial charge on any atom is 0.321 e. The molecule has 0 aliphatic carbocycles. The fraction of sp³-hybridized carbons (Fsp3) is 0.333. The molecule has 1 N–H and O–H groups in total. The molecule has 0 radical (unpaired) electrons. The molecule has 0 atom stereocenters. The van der Waals surface area contributed by atoms with Gasteiger partial charge in [0.05, 0.1) is 17.6 Å². The van der Waals surface area contributed by atoms with Crippen molar-refractivity contribution in [1.29, 1.82) is 0 Å². The molecular formula is C6H7N5OS. The Morgan fingerprint density at radius 2 is 2.54 bits per heavy atom. The number of nitrogens with one attached hydrogen (secondary N) is 1. The maximum absolute atomic E-state index is 4.85. The van der Waals surface area contributed by atoms with E-state index in [2.05, 4.69) is 25.0 Å². The van der Waals surface area contributed by atoms with Crippen molar-refractivity contribution in [3.63, 3.8) is 0 Å². The van der Waals surface area contributed by atoms with Gasteiger partial charge in [0, 0.05) is 0 Å². The van der Waals surface area contributed by atoms with Gasteiger partial charge in [0.25, 0.3) is 0 Å². The number of hydrogen-bond acceptors (Lipinski definition) is 7. The molecule has 0 aromatic carbocycles. The van der Waals surface area contributed by atoms with Crippen LogP contribution in [0.4, 0.5) is 6.01 Å². The summed E-state index contributed by atoms with van der Waals surface area (Å²) in [5.74, 6) is 0.616. The lowest BCUT2D eigenvalue weighted by atomic mass is 10.5. The summed E-state index contributed by atoms with van der Waals surface area (Å²) < 4.78 is 8.58. The predicted octanol–water partition coefficient (Wildman–Crippen LogP) is 0.842. The first-order valence-electron chi connectivity index (χ1n) is 3.65. The van der Waals surface area contributed by atoms with Crippen LogP contribution in [-0.4, -0.2) is 19.7 Å². The zero-order valence-electron chi connectivity index (χ0n) is 6.89. The lowest BCUT2D eigenvalue weighted by Gasteiger charge is -1.94. The van der Waals surface area contributed by atoms with Crippen molar-refractivity contribution in [2.24, 2.45) is 0 Å². The first-order valence-corrected chi connectivity index (χ1v) is 4.42. The molecule has 7 heteroatoms. The molecule has 0 bridgehead atoms. The van der Waals surface area contributed by atoms with Crippen LogP contribution in [-0.2, 0) is 6.54 Å². The highest BCUT2D eigenvalue weighted by Gasteiger charge is 2.01. The van der Waals surface area contributed by atoms with Gasteiger partial charge >= 0.3 is 6.01 Å². The fourth-order valence-corrected chi connectivity index (χ4v) is 1.23. The molecule has 0 fully saturated rings. The van der Waals surface area contributed by atoms with Crippen LogP contribution in [0.25, 0.3) is 0 Å². The molecule has 2 rings (SSSR count). The SMILES string of the molecule is Cc1noc(NCc2cnns2)n1. The number of aromatic nitrogens is 4. The second-order valence-corrected chi connectivity index (χ2v) is 3.25. The van der Waals surface area contributed by atoms with E-state index in [0.29, 0.717) is 18.4 Å². The van der Waals surface area contributed by atoms with Gasteiger partial charge in [0.1, 0.15) is 0 Å². The van der Waals surface area contributed by atoms with Gasteiger partial charge in [-0.1, -0.05) is 9.64 Å². The van der Waals surface area contributed by atoms with Gasteiger partial charge < -0.3 is 9.84 Å². The number of nitrogens with zero attached hydrogens (tertiary/aromatic N) is 4. The zero-order valence-corrected chi connectivity index (χ0v) is 7.71. The van der Waals surface area contributed by atoms with Crippen LogP contribution in [0.15, 0.2) is 10.7 Å². The van der Waals surface area contributed by atoms with E-state index in [-0.39, 0.29) is 0 Å². The van der Waals surface area contributed by atoms with Crippen molar-refractivity contribution < 1.29 is 4.52 Å². The Bertz CT molecular complexity index is 370. The molecule has 13 heavy (non-hydrogen) atoms. The molecule has 0 aliphatic heterocycles. The van der Waals surface area contributed by atoms with E-state index < -0.39 is 0 Å². The lowest BCUT2D eigenvalue weighted by molar-refractivity contribution is 0.425. The van der Waals surface area contributed by atoms with E-state index in [1.54, 1.807) is 13.1 Å². The Morgan fingerprint density at radius 3 is 3.15 bits per heavy atom. The Kier molecular flexibility index (Phi) is 2.17. The van der Waals surface area contributed by atoms with E-state index in [0.717, 1.165) is 4.88 Å². The smallest absolute Gasteiger partial charge is 0.321 e. The largest absolute Gasteiger partial charge is 0.333 e. The van der Waals surface area contributed by atoms with Gasteiger partial charge in [-0.15, -0.1) is 5.10 Å². The lowest BCUT2D eigenvalue weighted by Crippen LogP contribution is -1.97. The summed E-state index contributed by atoms with van der Waals surface area (Å²) in [7, 11) is 0. The highest BCUT2D eigenvalue weighted by molar-refractivity contribution is 7.05. The molecule has 2 aromatic heterocycles. The number of rotatable bonds is 3. The Hall–Kier alpha value is -1.50. The third-order valence-electron chi connectivity index (χ3n) is 1.35. The number of aryl methyl sites for hydroxylation is 1. The molecule has 0 unspecified atom stereocenters. The quantitative estimate of drug-likeness (QED) is 0.785. The summed E-state index contributed by atoms with van der Waals surface area (Å²) in [6.45, 7) is 2.38. The third kappa shape index (κ3) is 2.00. The van der Waals surface area contributed by atoms with Crippen molar-refractivity contribution in [2.75, 3.05) is 5.32 Å². The van der Waals surface area contributed by atoms with Crippen LogP contribution in [0.5, 0.6) is 0 Å². The van der Waals surface area contributed by atoms with E-state index >= 15 is 0 Å². The molecule has 2 aromatic rings. The second kappa shape index (κ2) is 3.48. The summed E-state index contributed by atoms with van der Waals surface area (Å²) in [5.41, 5.74) is 0. The Balaban J connectivity index is 1.93. The molecule has 2 heterocycles. The van der Waals surface area contributed by atoms with Crippen molar-refractivity contribution in [2.45, 2.75) is 13.5 Å². The summed E-state index contributed by atoms with van der Waals surface area (Å²) in [6, 6.07) is 0.422. The molecule has 0 spiro atoms. The van der Waals surface area contributed by atoms with Gasteiger partial charge in [0.15, 0.2) is 5.82 Å². The van der Waals surface area contributed by atoms with Crippen LogP contribution in [0.1, 0.15) is 10.7 Å².